The molecule has 0 aliphatic carbocycles. The molecule has 21 heavy (non-hydrogen) atoms. The van der Waals surface area contributed by atoms with Gasteiger partial charge in [-0.3, -0.25) is 0 Å². The van der Waals surface area contributed by atoms with Gasteiger partial charge in [0.1, 0.15) is 4.90 Å². The molecule has 1 aromatic carbocycles. The van der Waals surface area contributed by atoms with E-state index in [2.05, 4.69) is 23.9 Å². The van der Waals surface area contributed by atoms with Crippen LogP contribution in [-0.4, -0.2) is 21.5 Å². The van der Waals surface area contributed by atoms with Gasteiger partial charge in [-0.15, -0.1) is 0 Å². The van der Waals surface area contributed by atoms with Gasteiger partial charge in [-0.1, -0.05) is 51.3 Å². The first-order valence-corrected chi connectivity index (χ1v) is 9.29. The standard InChI is InChI=1S/C15H25ClN2O2S/c1-4-12(5-2)11-18-21(19,20)15-9-13(10-17-6-3)7-8-14(15)16/h7-9,12,17-18H,4-6,10-11H2,1-3H3. The van der Waals surface area contributed by atoms with Gasteiger partial charge in [0.2, 0.25) is 10.0 Å². The van der Waals surface area contributed by atoms with Gasteiger partial charge in [0.25, 0.3) is 0 Å². The van der Waals surface area contributed by atoms with Crippen LogP contribution >= 0.6 is 11.6 Å². The van der Waals surface area contributed by atoms with Crippen LogP contribution in [0, 0.1) is 5.92 Å². The van der Waals surface area contributed by atoms with Gasteiger partial charge < -0.3 is 5.32 Å². The van der Waals surface area contributed by atoms with Crippen LogP contribution in [0.25, 0.3) is 0 Å². The third-order valence-electron chi connectivity index (χ3n) is 3.58. The summed E-state index contributed by atoms with van der Waals surface area (Å²) in [6.45, 7) is 8.03. The summed E-state index contributed by atoms with van der Waals surface area (Å²) in [5, 5.41) is 3.43. The van der Waals surface area contributed by atoms with Gasteiger partial charge in [-0.05, 0) is 30.2 Å². The fourth-order valence-corrected chi connectivity index (χ4v) is 3.68. The number of rotatable bonds is 9. The molecule has 1 rings (SSSR count). The third-order valence-corrected chi connectivity index (χ3v) is 5.49. The third kappa shape index (κ3) is 5.58. The summed E-state index contributed by atoms with van der Waals surface area (Å²) in [5.41, 5.74) is 0.907. The zero-order valence-electron chi connectivity index (χ0n) is 12.9. The van der Waals surface area contributed by atoms with E-state index in [0.717, 1.165) is 24.9 Å². The Morgan fingerprint density at radius 1 is 1.19 bits per heavy atom. The van der Waals surface area contributed by atoms with Crippen molar-refractivity contribution in [3.63, 3.8) is 0 Å². The van der Waals surface area contributed by atoms with Crippen LogP contribution in [0.1, 0.15) is 39.2 Å². The van der Waals surface area contributed by atoms with E-state index in [1.807, 2.05) is 13.0 Å². The Morgan fingerprint density at radius 3 is 2.43 bits per heavy atom. The number of sulfonamides is 1. The number of halogens is 1. The second kappa shape index (κ2) is 8.73. The summed E-state index contributed by atoms with van der Waals surface area (Å²) in [6.07, 6.45) is 1.90. The molecule has 4 nitrogen and oxygen atoms in total. The van der Waals surface area contributed by atoms with Gasteiger partial charge in [0, 0.05) is 13.1 Å². The van der Waals surface area contributed by atoms with Crippen molar-refractivity contribution in [2.24, 2.45) is 5.92 Å². The van der Waals surface area contributed by atoms with Crippen LogP contribution in [0.3, 0.4) is 0 Å². The second-order valence-corrected chi connectivity index (χ2v) is 7.22. The molecule has 0 heterocycles. The van der Waals surface area contributed by atoms with Gasteiger partial charge in [-0.2, -0.15) is 0 Å². The zero-order chi connectivity index (χ0) is 15.9. The molecule has 0 spiro atoms. The molecule has 0 aromatic heterocycles. The van der Waals surface area contributed by atoms with Crippen LogP contribution in [-0.2, 0) is 16.6 Å². The Hall–Kier alpha value is -0.620. The smallest absolute Gasteiger partial charge is 0.242 e. The lowest BCUT2D eigenvalue weighted by Gasteiger charge is -2.15. The Balaban J connectivity index is 2.90. The van der Waals surface area contributed by atoms with E-state index >= 15 is 0 Å². The van der Waals surface area contributed by atoms with Gasteiger partial charge >= 0.3 is 0 Å². The van der Waals surface area contributed by atoms with Crippen LogP contribution < -0.4 is 10.0 Å². The van der Waals surface area contributed by atoms with Crippen molar-refractivity contribution >= 4 is 21.6 Å². The molecule has 0 bridgehead atoms. The molecule has 0 fully saturated rings. The van der Waals surface area contributed by atoms with E-state index < -0.39 is 10.0 Å². The highest BCUT2D eigenvalue weighted by Crippen LogP contribution is 2.23. The Labute approximate surface area is 133 Å². The fourth-order valence-electron chi connectivity index (χ4n) is 2.02. The molecule has 0 radical (unpaired) electrons. The molecule has 0 unspecified atom stereocenters. The van der Waals surface area contributed by atoms with Crippen molar-refractivity contribution < 1.29 is 8.42 Å². The number of hydrogen-bond acceptors (Lipinski definition) is 3. The molecule has 0 aliphatic rings. The Kier molecular flexibility index (Phi) is 7.66. The highest BCUT2D eigenvalue weighted by Gasteiger charge is 2.19. The lowest BCUT2D eigenvalue weighted by atomic mass is 10.0. The SMILES string of the molecule is CCNCc1ccc(Cl)c(S(=O)(=O)NCC(CC)CC)c1. The molecule has 2 N–H and O–H groups in total. The van der Waals surface area contributed by atoms with Gasteiger partial charge in [-0.25, -0.2) is 13.1 Å². The van der Waals surface area contributed by atoms with E-state index in [0.29, 0.717) is 19.0 Å². The van der Waals surface area contributed by atoms with Crippen molar-refractivity contribution in [1.82, 2.24) is 10.0 Å². The molecular formula is C15H25ClN2O2S. The average molecular weight is 333 g/mol. The minimum Gasteiger partial charge on any atom is -0.313 e. The summed E-state index contributed by atoms with van der Waals surface area (Å²) in [7, 11) is -3.56. The molecule has 0 aliphatic heterocycles. The van der Waals surface area contributed by atoms with Crippen molar-refractivity contribution in [3.05, 3.63) is 28.8 Å². The zero-order valence-corrected chi connectivity index (χ0v) is 14.5. The van der Waals surface area contributed by atoms with Crippen molar-refractivity contribution in [2.75, 3.05) is 13.1 Å². The number of hydrogen-bond donors (Lipinski definition) is 2. The maximum absolute atomic E-state index is 12.4. The summed E-state index contributed by atoms with van der Waals surface area (Å²) >= 11 is 6.06. The van der Waals surface area contributed by atoms with E-state index in [1.54, 1.807) is 12.1 Å². The number of benzene rings is 1. The van der Waals surface area contributed by atoms with Gasteiger partial charge in [0.05, 0.1) is 5.02 Å². The normalized spacial score (nSPS) is 12.0. The van der Waals surface area contributed by atoms with Crippen LogP contribution in [0.5, 0.6) is 0 Å². The van der Waals surface area contributed by atoms with Crippen LogP contribution in [0.15, 0.2) is 23.1 Å². The lowest BCUT2D eigenvalue weighted by molar-refractivity contribution is 0.479. The highest BCUT2D eigenvalue weighted by molar-refractivity contribution is 7.89. The maximum Gasteiger partial charge on any atom is 0.242 e. The van der Waals surface area contributed by atoms with Crippen LogP contribution in [0.4, 0.5) is 0 Å². The topological polar surface area (TPSA) is 58.2 Å². The summed E-state index contributed by atoms with van der Waals surface area (Å²) in [4.78, 5) is 0.158. The maximum atomic E-state index is 12.4. The monoisotopic (exact) mass is 332 g/mol. The number of nitrogens with one attached hydrogen (secondary N) is 2. The Morgan fingerprint density at radius 2 is 1.86 bits per heavy atom. The predicted octanol–water partition coefficient (Wildman–Crippen LogP) is 3.16. The first kappa shape index (κ1) is 18.4. The molecular weight excluding hydrogens is 308 g/mol. The summed E-state index contributed by atoms with van der Waals surface area (Å²) in [5.74, 6) is 0.350. The molecule has 0 amide bonds. The minimum atomic E-state index is -3.56. The summed E-state index contributed by atoms with van der Waals surface area (Å²) < 4.78 is 27.5. The van der Waals surface area contributed by atoms with Gasteiger partial charge in [0.15, 0.2) is 0 Å². The molecule has 0 saturated carbocycles. The predicted molar refractivity (Wildman–Crippen MR) is 88.1 cm³/mol. The van der Waals surface area contributed by atoms with E-state index in [4.69, 9.17) is 11.6 Å². The van der Waals surface area contributed by atoms with Crippen molar-refractivity contribution in [1.29, 1.82) is 0 Å². The van der Waals surface area contributed by atoms with E-state index in [1.165, 1.54) is 0 Å². The molecule has 120 valence electrons. The minimum absolute atomic E-state index is 0.158. The highest BCUT2D eigenvalue weighted by atomic mass is 35.5. The van der Waals surface area contributed by atoms with Crippen LogP contribution in [0.2, 0.25) is 5.02 Å². The summed E-state index contributed by atoms with van der Waals surface area (Å²) in [6, 6.07) is 5.12. The fraction of sp³-hybridized carbons (Fsp3) is 0.600. The molecule has 0 atom stereocenters. The first-order chi connectivity index (χ1) is 9.94. The van der Waals surface area contributed by atoms with E-state index in [9.17, 15) is 8.42 Å². The molecule has 1 aromatic rings. The largest absolute Gasteiger partial charge is 0.313 e. The molecule has 6 heteroatoms. The first-order valence-electron chi connectivity index (χ1n) is 7.43. The van der Waals surface area contributed by atoms with Crippen molar-refractivity contribution in [3.8, 4) is 0 Å². The van der Waals surface area contributed by atoms with E-state index in [-0.39, 0.29) is 9.92 Å². The average Bonchev–Trinajstić information content (AvgIpc) is 2.47. The Bertz CT molecular complexity index is 543. The second-order valence-electron chi connectivity index (χ2n) is 5.08. The van der Waals surface area contributed by atoms with Crippen molar-refractivity contribution in [2.45, 2.75) is 45.1 Å². The molecule has 0 saturated heterocycles. The quantitative estimate of drug-likeness (QED) is 0.730. The lowest BCUT2D eigenvalue weighted by Crippen LogP contribution is -2.29.